The Morgan fingerprint density at radius 3 is 2.41 bits per heavy atom. The molecule has 0 aliphatic heterocycles. The van der Waals surface area contributed by atoms with Crippen LogP contribution in [-0.2, 0) is 15.4 Å². The summed E-state index contributed by atoms with van der Waals surface area (Å²) in [7, 11) is -3.11. The summed E-state index contributed by atoms with van der Waals surface area (Å²) in [5.41, 5.74) is 1.52. The van der Waals surface area contributed by atoms with Gasteiger partial charge in [-0.2, -0.15) is 0 Å². The zero-order chi connectivity index (χ0) is 19.6. The van der Waals surface area contributed by atoms with Crippen molar-refractivity contribution in [2.24, 2.45) is 4.99 Å². The van der Waals surface area contributed by atoms with Gasteiger partial charge < -0.3 is 10.6 Å². The monoisotopic (exact) mass is 394 g/mol. The fraction of sp³-hybridized carbons (Fsp3) is 0.650. The van der Waals surface area contributed by atoms with Gasteiger partial charge in [0.1, 0.15) is 0 Å². The lowest BCUT2D eigenvalue weighted by Crippen LogP contribution is -2.40. The van der Waals surface area contributed by atoms with Gasteiger partial charge in [-0.15, -0.1) is 0 Å². The van der Waals surface area contributed by atoms with E-state index >= 15 is 0 Å². The van der Waals surface area contributed by atoms with E-state index in [0.29, 0.717) is 19.5 Å². The van der Waals surface area contributed by atoms with Crippen molar-refractivity contribution in [1.29, 1.82) is 0 Å². The number of rotatable bonds is 10. The molecule has 7 heteroatoms. The molecule has 152 valence electrons. The molecule has 0 atom stereocenters. The Morgan fingerprint density at radius 2 is 1.78 bits per heavy atom. The van der Waals surface area contributed by atoms with Gasteiger partial charge >= 0.3 is 0 Å². The topological polar surface area (TPSA) is 82.6 Å². The molecule has 1 aliphatic rings. The summed E-state index contributed by atoms with van der Waals surface area (Å²) in [5, 5.41) is 6.62. The lowest BCUT2D eigenvalue weighted by Gasteiger charge is -2.28. The van der Waals surface area contributed by atoms with Crippen LogP contribution < -0.4 is 15.4 Å². The first-order valence-electron chi connectivity index (χ1n) is 10.1. The maximum absolute atomic E-state index is 11.5. The van der Waals surface area contributed by atoms with Crippen molar-refractivity contribution in [1.82, 2.24) is 15.4 Å². The molecule has 27 heavy (non-hydrogen) atoms. The number of hydrogen-bond donors (Lipinski definition) is 3. The minimum Gasteiger partial charge on any atom is -0.357 e. The molecule has 1 aliphatic carbocycles. The molecular weight excluding hydrogens is 360 g/mol. The third-order valence-corrected chi connectivity index (χ3v) is 6.58. The van der Waals surface area contributed by atoms with Gasteiger partial charge in [0.15, 0.2) is 5.96 Å². The van der Waals surface area contributed by atoms with Crippen molar-refractivity contribution in [3.8, 4) is 0 Å². The number of hydrogen-bond acceptors (Lipinski definition) is 3. The normalized spacial score (nSPS) is 17.0. The average molecular weight is 395 g/mol. The van der Waals surface area contributed by atoms with E-state index in [1.165, 1.54) is 31.2 Å². The van der Waals surface area contributed by atoms with Crippen molar-refractivity contribution in [3.05, 3.63) is 35.9 Å². The lowest BCUT2D eigenvalue weighted by molar-refractivity contribution is 0.452. The summed E-state index contributed by atoms with van der Waals surface area (Å²) in [5.74, 6) is 0.921. The zero-order valence-electron chi connectivity index (χ0n) is 16.6. The van der Waals surface area contributed by atoms with Crippen molar-refractivity contribution >= 4 is 16.0 Å². The summed E-state index contributed by atoms with van der Waals surface area (Å²) < 4.78 is 25.5. The molecule has 0 bridgehead atoms. The van der Waals surface area contributed by atoms with Crippen LogP contribution >= 0.6 is 0 Å². The van der Waals surface area contributed by atoms with Gasteiger partial charge in [0, 0.05) is 25.0 Å². The number of nitrogens with one attached hydrogen (secondary N) is 3. The summed E-state index contributed by atoms with van der Waals surface area (Å²) in [6.45, 7) is 6.38. The Hall–Kier alpha value is -1.60. The zero-order valence-corrected chi connectivity index (χ0v) is 17.4. The molecule has 1 fully saturated rings. The van der Waals surface area contributed by atoms with E-state index < -0.39 is 10.0 Å². The molecule has 0 radical (unpaired) electrons. The summed E-state index contributed by atoms with van der Waals surface area (Å²) >= 11 is 0. The summed E-state index contributed by atoms with van der Waals surface area (Å²) in [4.78, 5) is 4.86. The molecule has 3 N–H and O–H groups in total. The highest BCUT2D eigenvalue weighted by atomic mass is 32.2. The van der Waals surface area contributed by atoms with E-state index in [0.717, 1.165) is 19.0 Å². The first-order valence-corrected chi connectivity index (χ1v) is 11.7. The van der Waals surface area contributed by atoms with E-state index in [1.54, 1.807) is 6.92 Å². The van der Waals surface area contributed by atoms with Gasteiger partial charge in [-0.25, -0.2) is 13.1 Å². The summed E-state index contributed by atoms with van der Waals surface area (Å²) in [6.07, 6.45) is 5.59. The second-order valence-corrected chi connectivity index (χ2v) is 9.22. The van der Waals surface area contributed by atoms with Crippen LogP contribution in [0.3, 0.4) is 0 Å². The molecule has 0 spiro atoms. The van der Waals surface area contributed by atoms with Gasteiger partial charge in [-0.3, -0.25) is 4.99 Å². The maximum Gasteiger partial charge on any atom is 0.211 e. The van der Waals surface area contributed by atoms with Crippen LogP contribution in [0.5, 0.6) is 0 Å². The average Bonchev–Trinajstić information content (AvgIpc) is 3.16. The SMILES string of the molecule is CCNC(=NCC1(c2ccccc2)CCCC1)NCCCNS(=O)(=O)CC. The Kier molecular flexibility index (Phi) is 8.57. The third kappa shape index (κ3) is 6.81. The standard InChI is InChI=1S/C20H34N4O2S/c1-3-21-19(22-15-10-16-24-27(25,26)4-2)23-17-20(13-8-9-14-20)18-11-6-5-7-12-18/h5-7,11-12,24H,3-4,8-10,13-17H2,1-2H3,(H2,21,22,23). The highest BCUT2D eigenvalue weighted by Crippen LogP contribution is 2.41. The Bertz CT molecular complexity index is 683. The second kappa shape index (κ2) is 10.7. The Labute approximate surface area is 164 Å². The largest absolute Gasteiger partial charge is 0.357 e. The highest BCUT2D eigenvalue weighted by molar-refractivity contribution is 7.89. The fourth-order valence-corrected chi connectivity index (χ4v) is 4.24. The van der Waals surface area contributed by atoms with E-state index in [1.807, 2.05) is 0 Å². The molecular formula is C20H34N4O2S. The Morgan fingerprint density at radius 1 is 1.07 bits per heavy atom. The molecule has 0 saturated heterocycles. The van der Waals surface area contributed by atoms with Crippen LogP contribution in [0.2, 0.25) is 0 Å². The first kappa shape index (κ1) is 21.7. The van der Waals surface area contributed by atoms with Gasteiger partial charge in [0.05, 0.1) is 12.3 Å². The molecule has 0 unspecified atom stereocenters. The van der Waals surface area contributed by atoms with Crippen LogP contribution in [0.15, 0.2) is 35.3 Å². The predicted molar refractivity (Wildman–Crippen MR) is 113 cm³/mol. The smallest absolute Gasteiger partial charge is 0.211 e. The van der Waals surface area contributed by atoms with Crippen LogP contribution in [-0.4, -0.2) is 46.3 Å². The van der Waals surface area contributed by atoms with E-state index in [-0.39, 0.29) is 11.2 Å². The van der Waals surface area contributed by atoms with Gasteiger partial charge in [-0.1, -0.05) is 43.2 Å². The van der Waals surface area contributed by atoms with Crippen molar-refractivity contribution in [2.45, 2.75) is 51.4 Å². The molecule has 1 saturated carbocycles. The van der Waals surface area contributed by atoms with Crippen molar-refractivity contribution in [3.63, 3.8) is 0 Å². The number of aliphatic imine (C=N–C) groups is 1. The molecule has 2 rings (SSSR count). The van der Waals surface area contributed by atoms with Crippen LogP contribution in [0.25, 0.3) is 0 Å². The third-order valence-electron chi connectivity index (χ3n) is 5.18. The van der Waals surface area contributed by atoms with E-state index in [9.17, 15) is 8.42 Å². The second-order valence-electron chi connectivity index (χ2n) is 7.13. The fourth-order valence-electron chi connectivity index (χ4n) is 3.58. The molecule has 1 aromatic carbocycles. The minimum atomic E-state index is -3.11. The van der Waals surface area contributed by atoms with Crippen molar-refractivity contribution < 1.29 is 8.42 Å². The van der Waals surface area contributed by atoms with Gasteiger partial charge in [0.25, 0.3) is 0 Å². The number of guanidine groups is 1. The predicted octanol–water partition coefficient (Wildman–Crippen LogP) is 2.38. The number of nitrogens with zero attached hydrogens (tertiary/aromatic N) is 1. The van der Waals surface area contributed by atoms with Gasteiger partial charge in [0.2, 0.25) is 10.0 Å². The van der Waals surface area contributed by atoms with E-state index in [4.69, 9.17) is 4.99 Å². The van der Waals surface area contributed by atoms with E-state index in [2.05, 4.69) is 52.6 Å². The van der Waals surface area contributed by atoms with Gasteiger partial charge in [-0.05, 0) is 38.7 Å². The van der Waals surface area contributed by atoms with Crippen LogP contribution in [0.4, 0.5) is 0 Å². The van der Waals surface area contributed by atoms with Crippen LogP contribution in [0, 0.1) is 0 Å². The number of sulfonamides is 1. The molecule has 1 aromatic rings. The molecule has 0 aromatic heterocycles. The highest BCUT2D eigenvalue weighted by Gasteiger charge is 2.35. The summed E-state index contributed by atoms with van der Waals surface area (Å²) in [6, 6.07) is 10.7. The molecule has 0 heterocycles. The quantitative estimate of drug-likeness (QED) is 0.323. The molecule has 0 amide bonds. The minimum absolute atomic E-state index is 0.117. The Balaban J connectivity index is 1.91. The van der Waals surface area contributed by atoms with Crippen LogP contribution in [0.1, 0.15) is 51.5 Å². The molecule has 6 nitrogen and oxygen atoms in total. The number of benzene rings is 1. The maximum atomic E-state index is 11.5. The first-order chi connectivity index (χ1) is 13.0. The van der Waals surface area contributed by atoms with Crippen molar-refractivity contribution in [2.75, 3.05) is 31.9 Å². The lowest BCUT2D eigenvalue weighted by atomic mass is 9.79.